The zero-order valence-electron chi connectivity index (χ0n) is 16.7. The number of pyridine rings is 1. The van der Waals surface area contributed by atoms with Gasteiger partial charge in [0, 0.05) is 23.6 Å². The molecule has 2 heterocycles. The van der Waals surface area contributed by atoms with Crippen LogP contribution in [0, 0.1) is 5.92 Å². The van der Waals surface area contributed by atoms with Crippen LogP contribution >= 0.6 is 11.8 Å². The van der Waals surface area contributed by atoms with Crippen LogP contribution in [0.15, 0.2) is 70.7 Å². The number of aliphatic carboxylic acids is 1. The Hall–Kier alpha value is -2.79. The van der Waals surface area contributed by atoms with E-state index in [9.17, 15) is 9.90 Å². The van der Waals surface area contributed by atoms with Crippen molar-refractivity contribution in [1.82, 2.24) is 0 Å². The van der Waals surface area contributed by atoms with E-state index in [4.69, 9.17) is 0 Å². The lowest BCUT2D eigenvalue weighted by molar-refractivity contribution is -0.644. The third kappa shape index (κ3) is 3.87. The molecule has 4 rings (SSSR count). The zero-order chi connectivity index (χ0) is 20.4. The van der Waals surface area contributed by atoms with Gasteiger partial charge in [0.1, 0.15) is 7.05 Å². The highest BCUT2D eigenvalue weighted by atomic mass is 32.2. The van der Waals surface area contributed by atoms with Crippen molar-refractivity contribution in [1.29, 1.82) is 0 Å². The van der Waals surface area contributed by atoms with Crippen LogP contribution in [-0.4, -0.2) is 17.6 Å². The maximum Gasteiger partial charge on any atom is 0.306 e. The molecule has 0 aliphatic carbocycles. The lowest BCUT2D eigenvalue weighted by atomic mass is 10.0. The topological polar surface area (TPSA) is 44.4 Å². The molecule has 5 heteroatoms. The fourth-order valence-electron chi connectivity index (χ4n) is 3.82. The van der Waals surface area contributed by atoms with E-state index in [1.54, 1.807) is 11.8 Å². The van der Waals surface area contributed by atoms with E-state index in [-0.39, 0.29) is 5.92 Å². The van der Waals surface area contributed by atoms with Crippen molar-refractivity contribution in [2.75, 3.05) is 11.4 Å². The molecule has 0 spiro atoms. The third-order valence-electron chi connectivity index (χ3n) is 5.53. The molecule has 0 radical (unpaired) electrons. The van der Waals surface area contributed by atoms with Crippen LogP contribution in [0.25, 0.3) is 17.0 Å². The Morgan fingerprint density at radius 1 is 1.17 bits per heavy atom. The van der Waals surface area contributed by atoms with Gasteiger partial charge in [0.2, 0.25) is 5.52 Å². The number of fused-ring (bicyclic) bond motifs is 2. The number of anilines is 1. The Labute approximate surface area is 175 Å². The molecule has 148 valence electrons. The second kappa shape index (κ2) is 8.29. The minimum Gasteiger partial charge on any atom is -0.481 e. The van der Waals surface area contributed by atoms with Crippen LogP contribution in [0.2, 0.25) is 0 Å². The normalized spacial score (nSPS) is 15.7. The molecule has 0 saturated carbocycles. The fourth-order valence-corrected chi connectivity index (χ4v) is 4.96. The second-order valence-electron chi connectivity index (χ2n) is 7.34. The number of hydrogen-bond donors (Lipinski definition) is 1. The first-order valence-corrected chi connectivity index (χ1v) is 10.8. The number of carboxylic acid groups (broad SMARTS) is 1. The number of carboxylic acids is 1. The van der Waals surface area contributed by atoms with Crippen LogP contribution in [0.5, 0.6) is 0 Å². The molecule has 0 fully saturated rings. The van der Waals surface area contributed by atoms with Crippen LogP contribution in [0.3, 0.4) is 0 Å². The van der Waals surface area contributed by atoms with Crippen molar-refractivity contribution in [2.24, 2.45) is 13.0 Å². The van der Waals surface area contributed by atoms with E-state index >= 15 is 0 Å². The molecule has 1 aliphatic heterocycles. The van der Waals surface area contributed by atoms with Crippen molar-refractivity contribution in [3.8, 4) is 0 Å². The van der Waals surface area contributed by atoms with Crippen molar-refractivity contribution >= 4 is 40.4 Å². The average molecular weight is 406 g/mol. The van der Waals surface area contributed by atoms with Crippen LogP contribution in [0.1, 0.15) is 25.3 Å². The second-order valence-corrected chi connectivity index (χ2v) is 8.40. The summed E-state index contributed by atoms with van der Waals surface area (Å²) in [6.45, 7) is 2.64. The highest BCUT2D eigenvalue weighted by molar-refractivity contribution is 8.03. The molecule has 1 atom stereocenters. The highest BCUT2D eigenvalue weighted by Crippen LogP contribution is 2.47. The molecule has 0 amide bonds. The predicted molar refractivity (Wildman–Crippen MR) is 119 cm³/mol. The lowest BCUT2D eigenvalue weighted by Crippen LogP contribution is -2.28. The van der Waals surface area contributed by atoms with Gasteiger partial charge in [0.25, 0.3) is 0 Å². The summed E-state index contributed by atoms with van der Waals surface area (Å²) in [6, 6.07) is 18.9. The summed E-state index contributed by atoms with van der Waals surface area (Å²) in [4.78, 5) is 15.0. The van der Waals surface area contributed by atoms with E-state index in [0.717, 1.165) is 10.7 Å². The fraction of sp³-hybridized carbons (Fsp3) is 0.250. The van der Waals surface area contributed by atoms with Crippen molar-refractivity contribution in [2.45, 2.75) is 24.7 Å². The highest BCUT2D eigenvalue weighted by Gasteiger charge is 2.26. The van der Waals surface area contributed by atoms with Gasteiger partial charge in [-0.1, -0.05) is 43.0 Å². The van der Waals surface area contributed by atoms with Gasteiger partial charge in [-0.3, -0.25) is 4.79 Å². The molecule has 0 saturated heterocycles. The number of aromatic nitrogens is 1. The standard InChI is InChI=1S/C24H24N2O2S/c1-3-17(24(27)28)13-15-26-21-10-6-7-11-22(21)29-23(26)16-18-12-14-25(2)20-9-5-4-8-19(18)20/h4-12,14,16-17H,3,13,15H2,1-2H3/p+1. The number of hydrogen-bond acceptors (Lipinski definition) is 3. The van der Waals surface area contributed by atoms with Crippen LogP contribution in [-0.2, 0) is 11.8 Å². The molecular formula is C24H25N2O2S+. The quantitative estimate of drug-likeness (QED) is 0.581. The van der Waals surface area contributed by atoms with E-state index in [2.05, 4.69) is 77.3 Å². The summed E-state index contributed by atoms with van der Waals surface area (Å²) in [6.07, 6.45) is 5.59. The Morgan fingerprint density at radius 3 is 2.72 bits per heavy atom. The van der Waals surface area contributed by atoms with Gasteiger partial charge in [0.15, 0.2) is 6.20 Å². The van der Waals surface area contributed by atoms with Crippen molar-refractivity contribution < 1.29 is 14.5 Å². The predicted octanol–water partition coefficient (Wildman–Crippen LogP) is 5.08. The van der Waals surface area contributed by atoms with Crippen molar-refractivity contribution in [3.63, 3.8) is 0 Å². The molecule has 1 aliphatic rings. The SMILES string of the molecule is CCC(CCN1C(=Cc2cc[n+](C)c3ccccc23)Sc2ccccc21)C(=O)O. The minimum atomic E-state index is -0.709. The van der Waals surface area contributed by atoms with Gasteiger partial charge in [-0.15, -0.1) is 0 Å². The van der Waals surface area contributed by atoms with Crippen LogP contribution < -0.4 is 9.47 Å². The first-order valence-electron chi connectivity index (χ1n) is 9.94. The van der Waals surface area contributed by atoms with E-state index in [1.807, 2.05) is 13.0 Å². The summed E-state index contributed by atoms with van der Waals surface area (Å²) in [5, 5.41) is 11.8. The molecule has 1 aromatic heterocycles. The molecule has 0 bridgehead atoms. The minimum absolute atomic E-state index is 0.314. The van der Waals surface area contributed by atoms with Gasteiger partial charge in [0.05, 0.1) is 22.0 Å². The van der Waals surface area contributed by atoms with Crippen molar-refractivity contribution in [3.05, 3.63) is 71.4 Å². The molecule has 29 heavy (non-hydrogen) atoms. The van der Waals surface area contributed by atoms with Crippen LogP contribution in [0.4, 0.5) is 5.69 Å². The Balaban J connectivity index is 1.72. The Morgan fingerprint density at radius 2 is 1.93 bits per heavy atom. The first-order chi connectivity index (χ1) is 14.1. The molecule has 4 nitrogen and oxygen atoms in total. The van der Waals surface area contributed by atoms with E-state index < -0.39 is 5.97 Å². The van der Waals surface area contributed by atoms with Gasteiger partial charge in [-0.2, -0.15) is 0 Å². The molecule has 1 unspecified atom stereocenters. The van der Waals surface area contributed by atoms with E-state index in [0.29, 0.717) is 19.4 Å². The summed E-state index contributed by atoms with van der Waals surface area (Å²) in [5.41, 5.74) is 3.52. The summed E-state index contributed by atoms with van der Waals surface area (Å²) >= 11 is 1.75. The summed E-state index contributed by atoms with van der Waals surface area (Å²) in [5.74, 6) is -1.02. The number of carbonyl (C=O) groups is 1. The molecular weight excluding hydrogens is 380 g/mol. The van der Waals surface area contributed by atoms with Gasteiger partial charge in [-0.25, -0.2) is 4.57 Å². The third-order valence-corrected chi connectivity index (χ3v) is 6.64. The monoisotopic (exact) mass is 405 g/mol. The Bertz CT molecular complexity index is 1090. The number of benzene rings is 2. The largest absolute Gasteiger partial charge is 0.481 e. The Kier molecular flexibility index (Phi) is 5.58. The summed E-state index contributed by atoms with van der Waals surface area (Å²) in [7, 11) is 2.06. The lowest BCUT2D eigenvalue weighted by Gasteiger charge is -2.22. The van der Waals surface area contributed by atoms with Gasteiger partial charge < -0.3 is 10.0 Å². The number of aryl methyl sites for hydroxylation is 1. The molecule has 3 aromatic rings. The number of nitrogens with zero attached hydrogens (tertiary/aromatic N) is 2. The summed E-state index contributed by atoms with van der Waals surface area (Å²) < 4.78 is 2.13. The van der Waals surface area contributed by atoms with Gasteiger partial charge >= 0.3 is 5.97 Å². The molecule has 2 aromatic carbocycles. The average Bonchev–Trinajstić information content (AvgIpc) is 3.08. The number of rotatable bonds is 6. The maximum atomic E-state index is 11.5. The van der Waals surface area contributed by atoms with E-state index in [1.165, 1.54) is 21.4 Å². The zero-order valence-corrected chi connectivity index (χ0v) is 17.5. The molecule has 1 N–H and O–H groups in total. The maximum absolute atomic E-state index is 11.5. The van der Waals surface area contributed by atoms with Gasteiger partial charge in [-0.05, 0) is 42.7 Å². The first kappa shape index (κ1) is 19.5. The number of thioether (sulfide) groups is 1. The smallest absolute Gasteiger partial charge is 0.306 e. The number of para-hydroxylation sites is 2.